The predicted octanol–water partition coefficient (Wildman–Crippen LogP) is 4.51. The van der Waals surface area contributed by atoms with Crippen molar-refractivity contribution < 1.29 is 9.32 Å². The third-order valence-electron chi connectivity index (χ3n) is 3.65. The van der Waals surface area contributed by atoms with Gasteiger partial charge in [0.25, 0.3) is 5.91 Å². The number of nitrogens with zero attached hydrogens (tertiary/aromatic N) is 2. The second-order valence-corrected chi connectivity index (χ2v) is 6.30. The molecule has 2 heterocycles. The summed E-state index contributed by atoms with van der Waals surface area (Å²) in [7, 11) is 0. The second-order valence-electron chi connectivity index (χ2n) is 5.27. The lowest BCUT2D eigenvalue weighted by atomic mass is 10.1. The van der Waals surface area contributed by atoms with E-state index in [2.05, 4.69) is 15.5 Å². The van der Waals surface area contributed by atoms with Gasteiger partial charge in [-0.2, -0.15) is 0 Å². The fourth-order valence-corrected chi connectivity index (χ4v) is 3.38. The number of fused-ring (bicyclic) bond motifs is 1. The number of benzene rings is 2. The molecule has 0 aliphatic carbocycles. The van der Waals surface area contributed by atoms with Crippen molar-refractivity contribution in [1.82, 2.24) is 10.1 Å². The Hall–Kier alpha value is -2.99. The number of aromatic nitrogens is 2. The number of amides is 1. The maximum absolute atomic E-state index is 12.7. The van der Waals surface area contributed by atoms with Crippen LogP contribution in [0.2, 0.25) is 0 Å². The van der Waals surface area contributed by atoms with E-state index in [1.54, 1.807) is 6.92 Å². The van der Waals surface area contributed by atoms with Gasteiger partial charge in [-0.15, -0.1) is 0 Å². The number of hydrogen-bond acceptors (Lipinski definition) is 5. The third-order valence-corrected chi connectivity index (χ3v) is 4.60. The zero-order valence-corrected chi connectivity index (χ0v) is 13.6. The Morgan fingerprint density at radius 1 is 1.08 bits per heavy atom. The first kappa shape index (κ1) is 14.6. The van der Waals surface area contributed by atoms with E-state index >= 15 is 0 Å². The van der Waals surface area contributed by atoms with E-state index in [1.165, 1.54) is 11.3 Å². The minimum absolute atomic E-state index is 0.272. The van der Waals surface area contributed by atoms with Crippen LogP contribution in [0.3, 0.4) is 0 Å². The molecule has 6 heteroatoms. The summed E-state index contributed by atoms with van der Waals surface area (Å²) >= 11 is 1.44. The van der Waals surface area contributed by atoms with E-state index in [4.69, 9.17) is 4.52 Å². The molecule has 24 heavy (non-hydrogen) atoms. The van der Waals surface area contributed by atoms with Crippen LogP contribution < -0.4 is 5.32 Å². The van der Waals surface area contributed by atoms with Gasteiger partial charge in [0.15, 0.2) is 5.13 Å². The van der Waals surface area contributed by atoms with E-state index in [0.29, 0.717) is 22.1 Å². The summed E-state index contributed by atoms with van der Waals surface area (Å²) in [5, 5.41) is 7.45. The van der Waals surface area contributed by atoms with Gasteiger partial charge in [-0.05, 0) is 19.1 Å². The number of nitrogens with one attached hydrogen (secondary N) is 1. The van der Waals surface area contributed by atoms with E-state index in [1.807, 2.05) is 54.6 Å². The Labute approximate surface area is 141 Å². The van der Waals surface area contributed by atoms with Crippen LogP contribution in [0.1, 0.15) is 16.1 Å². The van der Waals surface area contributed by atoms with Crippen molar-refractivity contribution in [2.45, 2.75) is 6.92 Å². The Kier molecular flexibility index (Phi) is 3.59. The van der Waals surface area contributed by atoms with Gasteiger partial charge in [0.1, 0.15) is 17.0 Å². The van der Waals surface area contributed by atoms with Crippen LogP contribution >= 0.6 is 11.3 Å². The van der Waals surface area contributed by atoms with Crippen molar-refractivity contribution in [3.05, 3.63) is 65.9 Å². The SMILES string of the molecule is Cc1onc(-c2ccccc2)c1C(=O)Nc1nc2ccccc2s1. The second kappa shape index (κ2) is 5.90. The van der Waals surface area contributed by atoms with Crippen LogP contribution in [-0.4, -0.2) is 16.0 Å². The van der Waals surface area contributed by atoms with Gasteiger partial charge < -0.3 is 4.52 Å². The van der Waals surface area contributed by atoms with Crippen molar-refractivity contribution in [2.75, 3.05) is 5.32 Å². The lowest BCUT2D eigenvalue weighted by Crippen LogP contribution is -2.13. The first-order valence-corrected chi connectivity index (χ1v) is 8.22. The van der Waals surface area contributed by atoms with E-state index in [-0.39, 0.29) is 5.91 Å². The van der Waals surface area contributed by atoms with Gasteiger partial charge in [0, 0.05) is 5.56 Å². The standard InChI is InChI=1S/C18H13N3O2S/c1-11-15(16(21-23-11)12-7-3-2-4-8-12)17(22)20-18-19-13-9-5-6-10-14(13)24-18/h2-10H,1H3,(H,19,20,22). The Morgan fingerprint density at radius 2 is 1.83 bits per heavy atom. The normalized spacial score (nSPS) is 10.9. The minimum atomic E-state index is -0.272. The lowest BCUT2D eigenvalue weighted by molar-refractivity contribution is 0.102. The third kappa shape index (κ3) is 2.57. The quantitative estimate of drug-likeness (QED) is 0.598. The molecule has 0 atom stereocenters. The largest absolute Gasteiger partial charge is 0.360 e. The molecule has 5 nitrogen and oxygen atoms in total. The molecule has 2 aromatic carbocycles. The Morgan fingerprint density at radius 3 is 2.62 bits per heavy atom. The van der Waals surface area contributed by atoms with Gasteiger partial charge in [0.05, 0.1) is 10.2 Å². The highest BCUT2D eigenvalue weighted by Crippen LogP contribution is 2.29. The topological polar surface area (TPSA) is 68.0 Å². The minimum Gasteiger partial charge on any atom is -0.360 e. The summed E-state index contributed by atoms with van der Waals surface area (Å²) in [5.74, 6) is 0.208. The Bertz CT molecular complexity index is 988. The van der Waals surface area contributed by atoms with Crippen molar-refractivity contribution in [3.63, 3.8) is 0 Å². The van der Waals surface area contributed by atoms with Crippen LogP contribution in [0.5, 0.6) is 0 Å². The molecule has 4 aromatic rings. The molecule has 0 aliphatic rings. The highest BCUT2D eigenvalue weighted by molar-refractivity contribution is 7.22. The number of anilines is 1. The zero-order valence-electron chi connectivity index (χ0n) is 12.8. The smallest absolute Gasteiger partial charge is 0.263 e. The highest BCUT2D eigenvalue weighted by Gasteiger charge is 2.22. The molecule has 0 saturated heterocycles. The van der Waals surface area contributed by atoms with Gasteiger partial charge in [0.2, 0.25) is 0 Å². The zero-order chi connectivity index (χ0) is 16.5. The molecule has 0 saturated carbocycles. The number of rotatable bonds is 3. The molecule has 0 fully saturated rings. The number of aryl methyl sites for hydroxylation is 1. The summed E-state index contributed by atoms with van der Waals surface area (Å²) in [6.45, 7) is 1.73. The fraction of sp³-hybridized carbons (Fsp3) is 0.0556. The van der Waals surface area contributed by atoms with E-state index in [0.717, 1.165) is 15.8 Å². The summed E-state index contributed by atoms with van der Waals surface area (Å²) in [4.78, 5) is 17.2. The first-order valence-electron chi connectivity index (χ1n) is 7.41. The fourth-order valence-electron chi connectivity index (χ4n) is 2.52. The summed E-state index contributed by atoms with van der Waals surface area (Å²) in [6, 6.07) is 17.3. The molecule has 4 rings (SSSR count). The van der Waals surface area contributed by atoms with Gasteiger partial charge in [-0.3, -0.25) is 10.1 Å². The van der Waals surface area contributed by atoms with Gasteiger partial charge >= 0.3 is 0 Å². The molecule has 0 bridgehead atoms. The average molecular weight is 335 g/mol. The number of carbonyl (C=O) groups excluding carboxylic acids is 1. The molecule has 2 aromatic heterocycles. The van der Waals surface area contributed by atoms with Crippen LogP contribution in [0.4, 0.5) is 5.13 Å². The number of hydrogen-bond donors (Lipinski definition) is 1. The average Bonchev–Trinajstić information content (AvgIpc) is 3.18. The molecular weight excluding hydrogens is 322 g/mol. The molecule has 1 N–H and O–H groups in total. The highest BCUT2D eigenvalue weighted by atomic mass is 32.1. The molecule has 0 radical (unpaired) electrons. The van der Waals surface area contributed by atoms with Crippen molar-refractivity contribution >= 4 is 32.6 Å². The molecule has 0 spiro atoms. The number of carbonyl (C=O) groups is 1. The van der Waals surface area contributed by atoms with Crippen LogP contribution in [0.25, 0.3) is 21.5 Å². The summed E-state index contributed by atoms with van der Waals surface area (Å²) < 4.78 is 6.27. The van der Waals surface area contributed by atoms with Gasteiger partial charge in [-0.1, -0.05) is 59.0 Å². The van der Waals surface area contributed by atoms with Crippen LogP contribution in [0, 0.1) is 6.92 Å². The van der Waals surface area contributed by atoms with E-state index < -0.39 is 0 Å². The lowest BCUT2D eigenvalue weighted by Gasteiger charge is -2.02. The van der Waals surface area contributed by atoms with Crippen LogP contribution in [0.15, 0.2) is 59.1 Å². The maximum atomic E-state index is 12.7. The monoisotopic (exact) mass is 335 g/mol. The number of para-hydroxylation sites is 1. The maximum Gasteiger partial charge on any atom is 0.263 e. The van der Waals surface area contributed by atoms with Crippen LogP contribution in [-0.2, 0) is 0 Å². The predicted molar refractivity (Wildman–Crippen MR) is 94.2 cm³/mol. The number of thiazole rings is 1. The summed E-state index contributed by atoms with van der Waals surface area (Å²) in [5.41, 5.74) is 2.67. The molecule has 0 aliphatic heterocycles. The molecule has 1 amide bonds. The van der Waals surface area contributed by atoms with Crippen molar-refractivity contribution in [1.29, 1.82) is 0 Å². The Balaban J connectivity index is 1.69. The van der Waals surface area contributed by atoms with Gasteiger partial charge in [-0.25, -0.2) is 4.98 Å². The van der Waals surface area contributed by atoms with E-state index in [9.17, 15) is 4.79 Å². The van der Waals surface area contributed by atoms with Crippen molar-refractivity contribution in [3.8, 4) is 11.3 Å². The van der Waals surface area contributed by atoms with Crippen molar-refractivity contribution in [2.24, 2.45) is 0 Å². The first-order chi connectivity index (χ1) is 11.7. The molecular formula is C18H13N3O2S. The summed E-state index contributed by atoms with van der Waals surface area (Å²) in [6.07, 6.45) is 0. The molecule has 118 valence electrons. The molecule has 0 unspecified atom stereocenters.